The Hall–Kier alpha value is -1.98. The number of aliphatic hydroxyl groups excluding tert-OH is 1. The van der Waals surface area contributed by atoms with E-state index in [9.17, 15) is 9.90 Å². The van der Waals surface area contributed by atoms with E-state index in [0.717, 1.165) is 49.3 Å². The molecule has 1 aliphatic heterocycles. The molecule has 5 nitrogen and oxygen atoms in total. The molecular formula is C21H29N3O2. The Balaban J connectivity index is 1.71. The monoisotopic (exact) mass is 355 g/mol. The number of hydrogen-bond acceptors (Lipinski definition) is 4. The van der Waals surface area contributed by atoms with Gasteiger partial charge in [0.1, 0.15) is 5.82 Å². The van der Waals surface area contributed by atoms with Crippen LogP contribution in [0, 0.1) is 6.92 Å². The number of aromatic nitrogens is 2. The Morgan fingerprint density at radius 1 is 1.35 bits per heavy atom. The van der Waals surface area contributed by atoms with Gasteiger partial charge in [-0.05, 0) is 24.5 Å². The average molecular weight is 355 g/mol. The molecule has 0 aliphatic carbocycles. The van der Waals surface area contributed by atoms with Crippen molar-refractivity contribution in [3.8, 4) is 0 Å². The smallest absolute Gasteiger partial charge is 0.255 e. The standard InChI is InChI=1S/C21H29N3O2/c1-3-4-9-17(25)13-24-11-10-19-18(14-24)21(26)23-20(22-19)12-16-8-6-5-7-15(16)2/h5-8,17,25H,3-4,9-14H2,1-2H3,(H,22,23,26)/t17-/m1/s1. The topological polar surface area (TPSA) is 69.2 Å². The van der Waals surface area contributed by atoms with Crippen LogP contribution in [0.2, 0.25) is 0 Å². The molecule has 5 heteroatoms. The van der Waals surface area contributed by atoms with Crippen molar-refractivity contribution in [2.75, 3.05) is 13.1 Å². The van der Waals surface area contributed by atoms with E-state index in [1.165, 1.54) is 11.1 Å². The van der Waals surface area contributed by atoms with Crippen molar-refractivity contribution in [3.63, 3.8) is 0 Å². The van der Waals surface area contributed by atoms with E-state index in [-0.39, 0.29) is 11.7 Å². The van der Waals surface area contributed by atoms with Crippen LogP contribution in [0.1, 0.15) is 54.4 Å². The van der Waals surface area contributed by atoms with E-state index in [2.05, 4.69) is 35.9 Å². The third kappa shape index (κ3) is 4.59. The highest BCUT2D eigenvalue weighted by Crippen LogP contribution is 2.17. The summed E-state index contributed by atoms with van der Waals surface area (Å²) < 4.78 is 0. The quantitative estimate of drug-likeness (QED) is 0.801. The Labute approximate surface area is 155 Å². The van der Waals surface area contributed by atoms with Crippen LogP contribution in [-0.4, -0.2) is 39.2 Å². The summed E-state index contributed by atoms with van der Waals surface area (Å²) in [5, 5.41) is 10.1. The molecule has 3 rings (SSSR count). The van der Waals surface area contributed by atoms with Crippen LogP contribution in [0.4, 0.5) is 0 Å². The number of aromatic amines is 1. The van der Waals surface area contributed by atoms with Crippen molar-refractivity contribution in [2.24, 2.45) is 0 Å². The van der Waals surface area contributed by atoms with Crippen LogP contribution < -0.4 is 5.56 Å². The summed E-state index contributed by atoms with van der Waals surface area (Å²) in [6, 6.07) is 8.19. The Bertz CT molecular complexity index is 800. The van der Waals surface area contributed by atoms with E-state index in [1.54, 1.807) is 0 Å². The third-order valence-corrected chi connectivity index (χ3v) is 5.18. The van der Waals surface area contributed by atoms with E-state index < -0.39 is 0 Å². The van der Waals surface area contributed by atoms with Crippen molar-refractivity contribution in [1.29, 1.82) is 0 Å². The summed E-state index contributed by atoms with van der Waals surface area (Å²) in [5.41, 5.74) is 4.03. The van der Waals surface area contributed by atoms with Crippen LogP contribution in [0.15, 0.2) is 29.1 Å². The number of β-amino-alcohol motifs (C(OH)–C–C–N with tert-alkyl or cyclic N) is 1. The van der Waals surface area contributed by atoms with E-state index in [1.807, 2.05) is 12.1 Å². The predicted molar refractivity (Wildman–Crippen MR) is 103 cm³/mol. The van der Waals surface area contributed by atoms with Gasteiger partial charge in [0.2, 0.25) is 0 Å². The molecule has 2 heterocycles. The molecule has 2 aromatic rings. The number of nitrogens with one attached hydrogen (secondary N) is 1. The number of rotatable bonds is 7. The van der Waals surface area contributed by atoms with Crippen molar-refractivity contribution < 1.29 is 5.11 Å². The molecule has 0 spiro atoms. The lowest BCUT2D eigenvalue weighted by Crippen LogP contribution is -2.40. The fraction of sp³-hybridized carbons (Fsp3) is 0.524. The first kappa shape index (κ1) is 18.8. The molecule has 0 radical (unpaired) electrons. The van der Waals surface area contributed by atoms with Crippen LogP contribution in [-0.2, 0) is 19.4 Å². The summed E-state index contributed by atoms with van der Waals surface area (Å²) in [6.07, 6.45) is 4.05. The lowest BCUT2D eigenvalue weighted by atomic mass is 10.0. The maximum Gasteiger partial charge on any atom is 0.255 e. The van der Waals surface area contributed by atoms with E-state index >= 15 is 0 Å². The van der Waals surface area contributed by atoms with Crippen LogP contribution in [0.25, 0.3) is 0 Å². The third-order valence-electron chi connectivity index (χ3n) is 5.18. The fourth-order valence-corrected chi connectivity index (χ4v) is 3.59. The van der Waals surface area contributed by atoms with Crippen molar-refractivity contribution in [2.45, 2.75) is 58.6 Å². The number of aliphatic hydroxyl groups is 1. The van der Waals surface area contributed by atoms with Crippen molar-refractivity contribution in [3.05, 3.63) is 62.8 Å². The summed E-state index contributed by atoms with van der Waals surface area (Å²) in [6.45, 7) is 6.25. The summed E-state index contributed by atoms with van der Waals surface area (Å²) in [7, 11) is 0. The van der Waals surface area contributed by atoms with Gasteiger partial charge in [0, 0.05) is 32.5 Å². The van der Waals surface area contributed by atoms with Gasteiger partial charge in [0.05, 0.1) is 17.4 Å². The SMILES string of the molecule is CCCC[C@@H](O)CN1CCc2nc(Cc3ccccc3C)[nH]c(=O)c2C1. The lowest BCUT2D eigenvalue weighted by Gasteiger charge is -2.29. The van der Waals surface area contributed by atoms with E-state index in [0.29, 0.717) is 19.5 Å². The van der Waals surface area contributed by atoms with Gasteiger partial charge in [0.15, 0.2) is 0 Å². The first-order chi connectivity index (χ1) is 12.6. The first-order valence-electron chi connectivity index (χ1n) is 9.62. The van der Waals surface area contributed by atoms with Gasteiger partial charge < -0.3 is 10.1 Å². The highest BCUT2D eigenvalue weighted by molar-refractivity contribution is 5.29. The van der Waals surface area contributed by atoms with Crippen LogP contribution in [0.3, 0.4) is 0 Å². The molecule has 0 saturated carbocycles. The second-order valence-electron chi connectivity index (χ2n) is 7.32. The minimum atomic E-state index is -0.316. The van der Waals surface area contributed by atoms with E-state index in [4.69, 9.17) is 4.98 Å². The first-order valence-corrected chi connectivity index (χ1v) is 9.62. The molecular weight excluding hydrogens is 326 g/mol. The lowest BCUT2D eigenvalue weighted by molar-refractivity contribution is 0.0960. The largest absolute Gasteiger partial charge is 0.392 e. The number of H-pyrrole nitrogens is 1. The molecule has 0 saturated heterocycles. The zero-order valence-electron chi connectivity index (χ0n) is 15.8. The Morgan fingerprint density at radius 3 is 2.92 bits per heavy atom. The summed E-state index contributed by atoms with van der Waals surface area (Å²) in [5.74, 6) is 0.736. The van der Waals surface area contributed by atoms with Crippen molar-refractivity contribution >= 4 is 0 Å². The number of aryl methyl sites for hydroxylation is 1. The molecule has 1 atom stereocenters. The van der Waals surface area contributed by atoms with Gasteiger partial charge in [-0.1, -0.05) is 44.0 Å². The normalized spacial score (nSPS) is 15.7. The second kappa shape index (κ2) is 8.60. The zero-order chi connectivity index (χ0) is 18.5. The van der Waals surface area contributed by atoms with Gasteiger partial charge >= 0.3 is 0 Å². The Kier molecular flexibility index (Phi) is 6.22. The second-order valence-corrected chi connectivity index (χ2v) is 7.32. The summed E-state index contributed by atoms with van der Waals surface area (Å²) in [4.78, 5) is 22.4. The molecule has 0 unspecified atom stereocenters. The van der Waals surface area contributed by atoms with Gasteiger partial charge in [-0.2, -0.15) is 0 Å². The van der Waals surface area contributed by atoms with Crippen molar-refractivity contribution in [1.82, 2.24) is 14.9 Å². The van der Waals surface area contributed by atoms with Gasteiger partial charge in [-0.3, -0.25) is 9.69 Å². The van der Waals surface area contributed by atoms with Gasteiger partial charge in [0.25, 0.3) is 5.56 Å². The van der Waals surface area contributed by atoms with Gasteiger partial charge in [-0.25, -0.2) is 4.98 Å². The number of benzene rings is 1. The minimum Gasteiger partial charge on any atom is -0.392 e. The minimum absolute atomic E-state index is 0.0358. The predicted octanol–water partition coefficient (Wildman–Crippen LogP) is 2.58. The molecule has 0 bridgehead atoms. The maximum absolute atomic E-state index is 12.6. The maximum atomic E-state index is 12.6. The van der Waals surface area contributed by atoms with Crippen LogP contribution in [0.5, 0.6) is 0 Å². The highest BCUT2D eigenvalue weighted by Gasteiger charge is 2.22. The number of nitrogens with zero attached hydrogens (tertiary/aromatic N) is 2. The molecule has 1 aromatic heterocycles. The number of unbranched alkanes of at least 4 members (excludes halogenated alkanes) is 1. The number of hydrogen-bond donors (Lipinski definition) is 2. The molecule has 0 fully saturated rings. The number of fused-ring (bicyclic) bond motifs is 1. The summed E-state index contributed by atoms with van der Waals surface area (Å²) >= 11 is 0. The molecule has 0 amide bonds. The average Bonchev–Trinajstić information content (AvgIpc) is 2.62. The van der Waals surface area contributed by atoms with Crippen LogP contribution >= 0.6 is 0 Å². The Morgan fingerprint density at radius 2 is 2.15 bits per heavy atom. The molecule has 1 aliphatic rings. The molecule has 2 N–H and O–H groups in total. The molecule has 26 heavy (non-hydrogen) atoms. The highest BCUT2D eigenvalue weighted by atomic mass is 16.3. The van der Waals surface area contributed by atoms with Gasteiger partial charge in [-0.15, -0.1) is 0 Å². The molecule has 140 valence electrons. The molecule has 1 aromatic carbocycles. The zero-order valence-corrected chi connectivity index (χ0v) is 15.8. The fourth-order valence-electron chi connectivity index (χ4n) is 3.59.